The summed E-state index contributed by atoms with van der Waals surface area (Å²) in [5.41, 5.74) is 1.41. The summed E-state index contributed by atoms with van der Waals surface area (Å²) >= 11 is 5.97. The highest BCUT2D eigenvalue weighted by Gasteiger charge is 2.32. The fourth-order valence-electron chi connectivity index (χ4n) is 2.70. The molecule has 0 spiro atoms. The third-order valence-corrected chi connectivity index (χ3v) is 4.06. The first-order valence-corrected chi connectivity index (χ1v) is 8.43. The fraction of sp³-hybridized carbons (Fsp3) is 0.167. The maximum Gasteiger partial charge on any atom is 0.573 e. The van der Waals surface area contributed by atoms with Gasteiger partial charge in [-0.05, 0) is 30.2 Å². The van der Waals surface area contributed by atoms with E-state index < -0.39 is 11.3 Å². The van der Waals surface area contributed by atoms with Crippen molar-refractivity contribution in [2.75, 3.05) is 11.9 Å². The third kappa shape index (κ3) is 4.80. The number of nitrogens with one attached hydrogen (secondary N) is 1. The summed E-state index contributed by atoms with van der Waals surface area (Å²) in [4.78, 5) is 14.2. The summed E-state index contributed by atoms with van der Waals surface area (Å²) in [6.07, 6.45) is -4.36. The van der Waals surface area contributed by atoms with E-state index in [9.17, 15) is 23.3 Å². The van der Waals surface area contributed by atoms with E-state index in [1.54, 1.807) is 12.1 Å². The van der Waals surface area contributed by atoms with Gasteiger partial charge in [-0.3, -0.25) is 10.1 Å². The Balaban J connectivity index is 1.82. The molecule has 2 aromatic carbocycles. The predicted molar refractivity (Wildman–Crippen MR) is 98.7 cm³/mol. The van der Waals surface area contributed by atoms with Crippen molar-refractivity contribution < 1.29 is 22.8 Å². The van der Waals surface area contributed by atoms with E-state index in [2.05, 4.69) is 15.0 Å². The number of benzene rings is 2. The Hall–Kier alpha value is -3.07. The number of hydrogen-bond acceptors (Lipinski definition) is 5. The summed E-state index contributed by atoms with van der Waals surface area (Å²) in [5, 5.41) is 14.0. The fourth-order valence-corrected chi connectivity index (χ4v) is 2.90. The van der Waals surface area contributed by atoms with Crippen LogP contribution in [0, 0.1) is 10.1 Å². The van der Waals surface area contributed by atoms with Crippen LogP contribution in [0.3, 0.4) is 0 Å². The number of halogens is 4. The number of pyridine rings is 1. The quantitative estimate of drug-likeness (QED) is 0.336. The minimum Gasteiger partial charge on any atom is -0.405 e. The molecule has 3 rings (SSSR count). The van der Waals surface area contributed by atoms with Crippen LogP contribution in [0.5, 0.6) is 5.75 Å². The van der Waals surface area contributed by atoms with Crippen LogP contribution in [0.4, 0.5) is 24.5 Å². The van der Waals surface area contributed by atoms with Crippen molar-refractivity contribution in [1.82, 2.24) is 4.98 Å². The van der Waals surface area contributed by atoms with Gasteiger partial charge in [-0.25, -0.2) is 4.98 Å². The van der Waals surface area contributed by atoms with E-state index in [0.717, 1.165) is 5.56 Å². The molecule has 1 N–H and O–H groups in total. The third-order valence-electron chi connectivity index (χ3n) is 3.87. The molecule has 6 nitrogen and oxygen atoms in total. The first kappa shape index (κ1) is 19.7. The predicted octanol–water partition coefficient (Wildman–Crippen LogP) is 5.35. The molecule has 0 aliphatic rings. The lowest BCUT2D eigenvalue weighted by molar-refractivity contribution is -0.384. The van der Waals surface area contributed by atoms with E-state index >= 15 is 0 Å². The summed E-state index contributed by atoms with van der Waals surface area (Å²) in [6, 6.07) is 11.6. The Kier molecular flexibility index (Phi) is 5.55. The number of rotatable bonds is 6. The maximum absolute atomic E-state index is 12.7. The molecule has 0 aliphatic carbocycles. The molecule has 0 unspecified atom stereocenters. The van der Waals surface area contributed by atoms with Crippen LogP contribution in [0.1, 0.15) is 5.56 Å². The first-order chi connectivity index (χ1) is 13.2. The number of alkyl halides is 3. The monoisotopic (exact) mass is 411 g/mol. The van der Waals surface area contributed by atoms with Crippen LogP contribution >= 0.6 is 11.6 Å². The van der Waals surface area contributed by atoms with Crippen LogP contribution in [0.25, 0.3) is 10.9 Å². The smallest absolute Gasteiger partial charge is 0.405 e. The molecule has 0 aliphatic heterocycles. The van der Waals surface area contributed by atoms with Gasteiger partial charge in [-0.1, -0.05) is 29.8 Å². The molecule has 0 fully saturated rings. The van der Waals surface area contributed by atoms with Gasteiger partial charge in [0.1, 0.15) is 10.9 Å². The van der Waals surface area contributed by atoms with E-state index in [1.165, 1.54) is 36.4 Å². The second-order valence-electron chi connectivity index (χ2n) is 5.79. The van der Waals surface area contributed by atoms with Crippen molar-refractivity contribution in [1.29, 1.82) is 0 Å². The zero-order valence-corrected chi connectivity index (χ0v) is 14.9. The molecular weight excluding hydrogens is 399 g/mol. The number of ether oxygens (including phenoxy) is 1. The number of fused-ring (bicyclic) bond motifs is 1. The number of anilines is 1. The van der Waals surface area contributed by atoms with Crippen molar-refractivity contribution in [2.45, 2.75) is 12.8 Å². The van der Waals surface area contributed by atoms with E-state index in [1.807, 2.05) is 0 Å². The molecule has 10 heteroatoms. The molecule has 0 saturated carbocycles. The van der Waals surface area contributed by atoms with Gasteiger partial charge in [0.2, 0.25) is 0 Å². The Morgan fingerprint density at radius 2 is 1.89 bits per heavy atom. The van der Waals surface area contributed by atoms with Crippen LogP contribution in [-0.2, 0) is 6.42 Å². The van der Waals surface area contributed by atoms with E-state index in [0.29, 0.717) is 18.7 Å². The van der Waals surface area contributed by atoms with Crippen molar-refractivity contribution in [3.05, 3.63) is 69.4 Å². The Morgan fingerprint density at radius 3 is 2.54 bits per heavy atom. The second kappa shape index (κ2) is 7.89. The molecule has 0 radical (unpaired) electrons. The van der Waals surface area contributed by atoms with Gasteiger partial charge in [0.25, 0.3) is 5.69 Å². The number of aromatic nitrogens is 1. The van der Waals surface area contributed by atoms with Gasteiger partial charge < -0.3 is 10.1 Å². The van der Waals surface area contributed by atoms with Crippen LogP contribution < -0.4 is 10.1 Å². The van der Waals surface area contributed by atoms with Gasteiger partial charge in [0, 0.05) is 18.7 Å². The van der Waals surface area contributed by atoms with Crippen molar-refractivity contribution in [3.63, 3.8) is 0 Å². The lowest BCUT2D eigenvalue weighted by Gasteiger charge is -2.15. The molecule has 1 heterocycles. The average Bonchev–Trinajstić information content (AvgIpc) is 2.60. The van der Waals surface area contributed by atoms with Gasteiger partial charge in [-0.2, -0.15) is 0 Å². The number of hydrogen-bond donors (Lipinski definition) is 1. The Bertz CT molecular complexity index is 1010. The zero-order valence-electron chi connectivity index (χ0n) is 14.2. The van der Waals surface area contributed by atoms with Gasteiger partial charge in [0.05, 0.1) is 21.5 Å². The lowest BCUT2D eigenvalue weighted by Crippen LogP contribution is -2.17. The van der Waals surface area contributed by atoms with Crippen LogP contribution in [0.15, 0.2) is 48.5 Å². The van der Waals surface area contributed by atoms with Crippen LogP contribution in [0.2, 0.25) is 5.15 Å². The van der Waals surface area contributed by atoms with Crippen molar-refractivity contribution in [2.24, 2.45) is 0 Å². The van der Waals surface area contributed by atoms with Gasteiger partial charge in [0.15, 0.2) is 0 Å². The van der Waals surface area contributed by atoms with E-state index in [-0.39, 0.29) is 27.5 Å². The largest absolute Gasteiger partial charge is 0.573 e. The number of non-ortho nitro benzene ring substituents is 1. The molecule has 146 valence electrons. The van der Waals surface area contributed by atoms with Gasteiger partial charge >= 0.3 is 6.36 Å². The minimum atomic E-state index is -4.84. The molecular formula is C18H13ClF3N3O3. The number of nitro benzene ring substituents is 1. The van der Waals surface area contributed by atoms with Crippen molar-refractivity contribution in [3.8, 4) is 5.75 Å². The summed E-state index contributed by atoms with van der Waals surface area (Å²) in [7, 11) is 0. The van der Waals surface area contributed by atoms with Gasteiger partial charge in [-0.15, -0.1) is 13.2 Å². The normalized spacial score (nSPS) is 11.4. The highest BCUT2D eigenvalue weighted by Crippen LogP contribution is 2.36. The Labute approximate surface area is 162 Å². The first-order valence-electron chi connectivity index (χ1n) is 8.05. The molecule has 0 amide bonds. The van der Waals surface area contributed by atoms with E-state index in [4.69, 9.17) is 11.6 Å². The summed E-state index contributed by atoms with van der Waals surface area (Å²) in [5.74, 6) is -0.382. The van der Waals surface area contributed by atoms with Crippen molar-refractivity contribution >= 4 is 33.9 Å². The standard InChI is InChI=1S/C18H13ClF3N3O3/c19-16-10-14(23-9-8-11-4-6-12(7-5-11)25(26)27)17-13(24-16)2-1-3-15(17)28-18(20,21)22/h1-7,10H,8-9H2,(H,23,24). The maximum atomic E-state index is 12.7. The molecule has 0 bridgehead atoms. The topological polar surface area (TPSA) is 77.3 Å². The number of nitrogens with zero attached hydrogens (tertiary/aromatic N) is 2. The molecule has 28 heavy (non-hydrogen) atoms. The molecule has 0 atom stereocenters. The number of nitro groups is 1. The summed E-state index contributed by atoms with van der Waals surface area (Å²) in [6.45, 7) is 0.355. The average molecular weight is 412 g/mol. The summed E-state index contributed by atoms with van der Waals surface area (Å²) < 4.78 is 42.2. The molecule has 1 aromatic heterocycles. The molecule has 3 aromatic rings. The lowest BCUT2D eigenvalue weighted by atomic mass is 10.1. The second-order valence-corrected chi connectivity index (χ2v) is 6.18. The van der Waals surface area contributed by atoms with Crippen LogP contribution in [-0.4, -0.2) is 22.8 Å². The SMILES string of the molecule is O=[N+]([O-])c1ccc(CCNc2cc(Cl)nc3cccc(OC(F)(F)F)c23)cc1. The highest BCUT2D eigenvalue weighted by atomic mass is 35.5. The highest BCUT2D eigenvalue weighted by molar-refractivity contribution is 6.30. The Morgan fingerprint density at radius 1 is 1.18 bits per heavy atom. The zero-order chi connectivity index (χ0) is 20.3. The minimum absolute atomic E-state index is 0.0161. The molecule has 0 saturated heterocycles.